The van der Waals surface area contributed by atoms with Crippen LogP contribution in [0.4, 0.5) is 38.9 Å². The van der Waals surface area contributed by atoms with Crippen LogP contribution in [0.15, 0.2) is 222 Å². The number of H-pyrrole nitrogens is 4. The highest BCUT2D eigenvalue weighted by atomic mass is 16.7. The second kappa shape index (κ2) is 51.0. The Balaban J connectivity index is 0.000000222. The van der Waals surface area contributed by atoms with E-state index in [2.05, 4.69) is 29.9 Å². The van der Waals surface area contributed by atoms with Crippen molar-refractivity contribution in [3.8, 4) is 0 Å². The molecule has 8 N–H and O–H groups in total. The number of aromatic amines is 4. The first-order valence-electron chi connectivity index (χ1n) is 37.6. The van der Waals surface area contributed by atoms with Crippen LogP contribution in [-0.2, 0) is 97.4 Å². The number of fused-ring (bicyclic) bond motifs is 3. The van der Waals surface area contributed by atoms with E-state index in [0.29, 0.717) is 55.7 Å². The number of nitrogen functional groups attached to an aromatic ring is 2. The number of imidazole rings is 5. The second-order valence-corrected chi connectivity index (χ2v) is 26.5. The monoisotopic (exact) mass is 1720 g/mol. The molecule has 0 aliphatic carbocycles. The van der Waals surface area contributed by atoms with Gasteiger partial charge in [0.2, 0.25) is 6.41 Å². The zero-order valence-electron chi connectivity index (χ0n) is 70.5. The SMILES string of the molecule is COC(Cc1cccc(N)c1N)OC.COC(Cc1cccc([N+](=O)[O-])c1[N+](=O)[O-])OC.COC(Cc1cccc2[nH]c(=O)[nH]c12)OC.COC(Cc1cccc2c1[nH]c(=O)n2Cc1ccccc1)OC.COC(OC)N(C)C.Cc1cccc([N+](=O)[O-])c1[N+](=O)[O-].O=C(n1ccnc1)n1ccnc1.O=CCc1cccc2c1[nH]c(=O)n2Cc1ccccc1. The molecular weight excluding hydrogens is 1620 g/mol. The summed E-state index contributed by atoms with van der Waals surface area (Å²) < 4.78 is 56.7. The second-order valence-electron chi connectivity index (χ2n) is 26.5. The Labute approximate surface area is 710 Å². The summed E-state index contributed by atoms with van der Waals surface area (Å²) >= 11 is 0. The molecule has 0 aliphatic heterocycles. The van der Waals surface area contributed by atoms with E-state index >= 15 is 0 Å². The molecule has 0 saturated heterocycles. The number of methoxy groups -OCH3 is 10. The Morgan fingerprint density at radius 2 is 0.839 bits per heavy atom. The largest absolute Gasteiger partial charge is 0.397 e. The zero-order valence-corrected chi connectivity index (χ0v) is 70.5. The molecule has 0 fully saturated rings. The van der Waals surface area contributed by atoms with Crippen LogP contribution in [0.5, 0.6) is 0 Å². The number of nitro groups is 4. The molecule has 0 bridgehead atoms. The zero-order chi connectivity index (χ0) is 91.0. The maximum Gasteiger partial charge on any atom is 0.349 e. The maximum atomic E-state index is 12.4. The van der Waals surface area contributed by atoms with Gasteiger partial charge in [-0.15, -0.1) is 0 Å². The highest BCUT2D eigenvalue weighted by Crippen LogP contribution is 2.33. The van der Waals surface area contributed by atoms with E-state index in [4.69, 9.17) is 58.8 Å². The van der Waals surface area contributed by atoms with Gasteiger partial charge in [0.05, 0.1) is 77.3 Å². The van der Waals surface area contributed by atoms with Crippen molar-refractivity contribution in [1.82, 2.24) is 53.1 Å². The van der Waals surface area contributed by atoms with Crippen molar-refractivity contribution in [2.75, 3.05) is 96.7 Å². The number of nitrogens with two attached hydrogens (primary N) is 2. The topological polar surface area (TPSA) is 514 Å². The highest BCUT2D eigenvalue weighted by Gasteiger charge is 2.30. The molecule has 5 aromatic heterocycles. The predicted molar refractivity (Wildman–Crippen MR) is 463 cm³/mol. The molecule has 13 aromatic rings. The lowest BCUT2D eigenvalue weighted by Gasteiger charge is -2.19. The maximum absolute atomic E-state index is 12.4. The molecule has 8 aromatic carbocycles. The summed E-state index contributed by atoms with van der Waals surface area (Å²) in [4.78, 5) is 118. The van der Waals surface area contributed by atoms with E-state index in [1.807, 2.05) is 146 Å². The van der Waals surface area contributed by atoms with Crippen LogP contribution in [0, 0.1) is 47.4 Å². The fourth-order valence-electron chi connectivity index (χ4n) is 12.1. The Hall–Kier alpha value is -13.9. The molecule has 0 atom stereocenters. The van der Waals surface area contributed by atoms with Gasteiger partial charge in [0, 0.05) is 151 Å². The number of hydrogen-bond acceptors (Lipinski definition) is 28. The van der Waals surface area contributed by atoms with Crippen molar-refractivity contribution in [3.05, 3.63) is 324 Å². The van der Waals surface area contributed by atoms with Crippen LogP contribution in [0.3, 0.4) is 0 Å². The number of rotatable bonds is 29. The highest BCUT2D eigenvalue weighted by molar-refractivity contribution is 5.82. The summed E-state index contributed by atoms with van der Waals surface area (Å²) in [6, 6.07) is 50.3. The number of aryl methyl sites for hydroxylation is 1. The van der Waals surface area contributed by atoms with E-state index in [0.717, 1.165) is 84.9 Å². The number of para-hydroxylation sites is 6. The molecule has 0 aliphatic rings. The normalized spacial score (nSPS) is 10.8. The van der Waals surface area contributed by atoms with Crippen LogP contribution >= 0.6 is 0 Å². The van der Waals surface area contributed by atoms with Gasteiger partial charge in [0.1, 0.15) is 18.9 Å². The third-order valence-corrected chi connectivity index (χ3v) is 18.3. The Bertz CT molecular complexity index is 5640. The Morgan fingerprint density at radius 1 is 0.452 bits per heavy atom. The molecule has 0 radical (unpaired) electrons. The lowest BCUT2D eigenvalue weighted by atomic mass is 10.1. The fraction of sp³-hybridized carbons (Fsp3) is 0.298. The van der Waals surface area contributed by atoms with Gasteiger partial charge in [-0.3, -0.25) is 63.6 Å². The molecule has 0 saturated carbocycles. The van der Waals surface area contributed by atoms with Crippen molar-refractivity contribution in [3.63, 3.8) is 0 Å². The summed E-state index contributed by atoms with van der Waals surface area (Å²) in [6.45, 7) is 2.52. The summed E-state index contributed by atoms with van der Waals surface area (Å²) in [7, 11) is 19.3. The van der Waals surface area contributed by atoms with Gasteiger partial charge < -0.3 is 83.6 Å². The van der Waals surface area contributed by atoms with Gasteiger partial charge in [-0.1, -0.05) is 133 Å². The molecule has 0 amide bonds. The number of nitrogens with zero attached hydrogens (tertiary/aromatic N) is 11. The Morgan fingerprint density at radius 3 is 1.24 bits per heavy atom. The van der Waals surface area contributed by atoms with E-state index in [1.165, 1.54) is 67.2 Å². The van der Waals surface area contributed by atoms with Crippen molar-refractivity contribution in [1.29, 1.82) is 0 Å². The van der Waals surface area contributed by atoms with E-state index in [9.17, 15) is 64.4 Å². The number of aldehydes is 1. The van der Waals surface area contributed by atoms with Crippen LogP contribution in [0.1, 0.15) is 44.5 Å². The first-order valence-corrected chi connectivity index (χ1v) is 37.6. The molecule has 124 heavy (non-hydrogen) atoms. The number of aromatic nitrogens is 10. The summed E-state index contributed by atoms with van der Waals surface area (Å²) in [5.74, 6) is 0. The third kappa shape index (κ3) is 28.9. The molecule has 0 spiro atoms. The molecule has 40 heteroatoms. The minimum Gasteiger partial charge on any atom is -0.397 e. The predicted octanol–water partition coefficient (Wildman–Crippen LogP) is 10.9. The van der Waals surface area contributed by atoms with Gasteiger partial charge in [-0.25, -0.2) is 29.1 Å². The standard InChI is InChI=1S/C18H20N2O3.C16H14N2O2.C11H14N2O3.C10H12N2O6.C10H16N2O2.C7H6N4O.C7H6N2O4.C5H13NO2/c1-22-16(23-2)11-14-9-6-10-15-17(14)19-18(21)20(15)12-13-7-4-3-5-8-13;19-10-9-13-7-4-8-14-15(13)17-16(20)18(14)11-12-5-2-1-3-6-12;1-15-9(16-2)6-7-4-3-5-8-10(7)13-11(14)12-8;1-17-9(18-2)6-7-4-3-5-8(11(13)14)10(7)12(15)16;1-13-9(14-2)6-7-4-3-5-8(11)10(7)12;12-7(10-3-1-8-5-10)11-4-2-9-6-11;1-5-3-2-4-6(8(10)11)7(5)9(12)13;1-6(2)5(7-3)8-4/h3-10,16H,11-12H2,1-2H3,(H,19,21);1-8,10H,9,11H2,(H,17,20);3-5,9H,6H2,1-2H3,(H2,12,13,14);3-5,9H,6H2,1-2H3;3-5,9H,6,11-12H2,1-2H3;1-6H;2-4H,1H3;5H,1-4H3. The van der Waals surface area contributed by atoms with E-state index < -0.39 is 48.7 Å². The number of nitrogens with one attached hydrogen (secondary N) is 4. The molecule has 40 nitrogen and oxygen atoms in total. The van der Waals surface area contributed by atoms with Gasteiger partial charge >= 0.3 is 45.8 Å². The lowest BCUT2D eigenvalue weighted by molar-refractivity contribution is -0.423. The number of ether oxygens (including phenoxy) is 10. The fourth-order valence-corrected chi connectivity index (χ4v) is 12.1. The van der Waals surface area contributed by atoms with Gasteiger partial charge in [0.15, 0.2) is 25.2 Å². The van der Waals surface area contributed by atoms with Gasteiger partial charge in [-0.2, -0.15) is 0 Å². The minimum absolute atomic E-state index is 0.0605. The molecule has 0 unspecified atom stereocenters. The Kier molecular flexibility index (Phi) is 40.7. The van der Waals surface area contributed by atoms with Gasteiger partial charge in [0.25, 0.3) is 0 Å². The number of carbonyl (C=O) groups is 2. The van der Waals surface area contributed by atoms with Crippen molar-refractivity contribution < 1.29 is 76.7 Å². The van der Waals surface area contributed by atoms with Gasteiger partial charge in [-0.05, 0) is 78.7 Å². The first kappa shape index (κ1) is 98.9. The smallest absolute Gasteiger partial charge is 0.349 e. The average molecular weight is 1720 g/mol. The number of hydrogen-bond donors (Lipinski definition) is 6. The number of anilines is 2. The van der Waals surface area contributed by atoms with Crippen LogP contribution < -0.4 is 28.5 Å². The molecular formula is C84H101N17O23. The van der Waals surface area contributed by atoms with Crippen molar-refractivity contribution >= 4 is 79.5 Å². The average Bonchev–Trinajstić information content (AvgIpc) is 1.63. The summed E-state index contributed by atoms with van der Waals surface area (Å²) in [6.07, 6.45) is 10.3. The van der Waals surface area contributed by atoms with Crippen molar-refractivity contribution in [2.24, 2.45) is 0 Å². The third-order valence-electron chi connectivity index (χ3n) is 18.3. The minimum atomic E-state index is -0.782. The van der Waals surface area contributed by atoms with E-state index in [1.54, 1.807) is 96.9 Å². The molecule has 5 heterocycles. The number of nitro benzene ring substituents is 4. The number of carbonyl (C=O) groups excluding carboxylic acids is 2. The van der Waals surface area contributed by atoms with Crippen molar-refractivity contribution in [2.45, 2.75) is 83.7 Å². The van der Waals surface area contributed by atoms with Crippen LogP contribution in [0.2, 0.25) is 0 Å². The van der Waals surface area contributed by atoms with Crippen LogP contribution in [-0.4, -0.2) is 202 Å². The first-order chi connectivity index (χ1) is 59.6. The number of benzene rings is 8. The molecule has 660 valence electrons. The lowest BCUT2D eigenvalue weighted by Crippen LogP contribution is -2.30. The summed E-state index contributed by atoms with van der Waals surface area (Å²) in [5.41, 5.74) is 21.6. The van der Waals surface area contributed by atoms with E-state index in [-0.39, 0.29) is 60.4 Å². The molecule has 13 rings (SSSR count). The van der Waals surface area contributed by atoms with Crippen LogP contribution in [0.25, 0.3) is 33.1 Å². The quantitative estimate of drug-likeness (QED) is 0.00833. The summed E-state index contributed by atoms with van der Waals surface area (Å²) in [5, 5.41) is 42.5.